The Hall–Kier alpha value is -3.20. The predicted molar refractivity (Wildman–Crippen MR) is 102 cm³/mol. The molecular weight excluding hydrogens is 366 g/mol. The van der Waals surface area contributed by atoms with Gasteiger partial charge in [-0.1, -0.05) is 16.5 Å². The van der Waals surface area contributed by atoms with Crippen molar-refractivity contribution >= 4 is 32.6 Å². The number of amides is 1. The van der Waals surface area contributed by atoms with Crippen molar-refractivity contribution in [3.05, 3.63) is 41.9 Å². The number of benzene rings is 1. The molecule has 0 saturated carbocycles. The minimum atomic E-state index is -0.402. The molecule has 4 aromatic rings. The molecule has 27 heavy (non-hydrogen) atoms. The quantitative estimate of drug-likeness (QED) is 0.564. The van der Waals surface area contributed by atoms with Gasteiger partial charge >= 0.3 is 0 Å². The van der Waals surface area contributed by atoms with E-state index in [1.165, 1.54) is 11.3 Å². The normalized spacial score (nSPS) is 11.1. The minimum Gasteiger partial charge on any atom is -0.497 e. The summed E-state index contributed by atoms with van der Waals surface area (Å²) in [5, 5.41) is 11.6. The van der Waals surface area contributed by atoms with Crippen LogP contribution < -0.4 is 10.1 Å². The molecular formula is C18H17N5O3S. The van der Waals surface area contributed by atoms with Gasteiger partial charge in [0.1, 0.15) is 11.4 Å². The second kappa shape index (κ2) is 6.84. The number of nitrogens with one attached hydrogen (secondary N) is 1. The number of aryl methyl sites for hydroxylation is 2. The second-order valence-electron chi connectivity index (χ2n) is 5.87. The standard InChI is InChI=1S/C18H17N5O3S/c1-4-23-9-12(10(2)21-23)13-8-15(26-22-13)17(24)20-18-19-14-7-11(25-3)5-6-16(14)27-18/h5-9H,4H2,1-3H3,(H,19,20,24). The van der Waals surface area contributed by atoms with Gasteiger partial charge in [-0.2, -0.15) is 5.10 Å². The van der Waals surface area contributed by atoms with Crippen LogP contribution >= 0.6 is 11.3 Å². The first-order chi connectivity index (χ1) is 13.1. The second-order valence-corrected chi connectivity index (χ2v) is 6.90. The summed E-state index contributed by atoms with van der Waals surface area (Å²) in [6.07, 6.45) is 1.88. The molecule has 0 fully saturated rings. The molecule has 0 aliphatic rings. The van der Waals surface area contributed by atoms with E-state index in [1.807, 2.05) is 42.9 Å². The molecule has 3 aromatic heterocycles. The van der Waals surface area contributed by atoms with Gasteiger partial charge in [0, 0.05) is 30.4 Å². The van der Waals surface area contributed by atoms with Crippen LogP contribution in [-0.4, -0.2) is 32.9 Å². The van der Waals surface area contributed by atoms with Crippen molar-refractivity contribution in [1.82, 2.24) is 19.9 Å². The lowest BCUT2D eigenvalue weighted by atomic mass is 10.2. The van der Waals surface area contributed by atoms with E-state index in [2.05, 4.69) is 20.6 Å². The summed E-state index contributed by atoms with van der Waals surface area (Å²) in [5.74, 6) is 0.430. The molecule has 8 nitrogen and oxygen atoms in total. The van der Waals surface area contributed by atoms with E-state index >= 15 is 0 Å². The molecule has 0 spiro atoms. The fraction of sp³-hybridized carbons (Fsp3) is 0.222. The fourth-order valence-corrected chi connectivity index (χ4v) is 3.53. The first-order valence-electron chi connectivity index (χ1n) is 8.34. The smallest absolute Gasteiger partial charge is 0.296 e. The van der Waals surface area contributed by atoms with Crippen LogP contribution in [0.1, 0.15) is 23.2 Å². The molecule has 0 unspecified atom stereocenters. The van der Waals surface area contributed by atoms with Gasteiger partial charge in [0.05, 0.1) is 23.0 Å². The molecule has 4 rings (SSSR count). The number of hydrogen-bond donors (Lipinski definition) is 1. The molecule has 0 saturated heterocycles. The van der Waals surface area contributed by atoms with Crippen LogP contribution in [0.5, 0.6) is 5.75 Å². The van der Waals surface area contributed by atoms with Gasteiger partial charge in [0.15, 0.2) is 5.13 Å². The summed E-state index contributed by atoms with van der Waals surface area (Å²) < 4.78 is 13.2. The Morgan fingerprint density at radius 3 is 2.96 bits per heavy atom. The highest BCUT2D eigenvalue weighted by molar-refractivity contribution is 7.22. The Kier molecular flexibility index (Phi) is 4.36. The average Bonchev–Trinajstić information content (AvgIpc) is 3.37. The third kappa shape index (κ3) is 3.28. The van der Waals surface area contributed by atoms with E-state index in [1.54, 1.807) is 13.2 Å². The Bertz CT molecular complexity index is 1130. The van der Waals surface area contributed by atoms with Gasteiger partial charge in [-0.05, 0) is 26.0 Å². The number of thiazole rings is 1. The van der Waals surface area contributed by atoms with Gasteiger partial charge in [0.2, 0.25) is 5.76 Å². The number of hydrogen-bond acceptors (Lipinski definition) is 7. The highest BCUT2D eigenvalue weighted by Crippen LogP contribution is 2.29. The van der Waals surface area contributed by atoms with Gasteiger partial charge in [-0.3, -0.25) is 14.8 Å². The number of nitrogens with zero attached hydrogens (tertiary/aromatic N) is 4. The van der Waals surface area contributed by atoms with Crippen LogP contribution in [0.25, 0.3) is 21.5 Å². The van der Waals surface area contributed by atoms with Crippen molar-refractivity contribution < 1.29 is 14.1 Å². The van der Waals surface area contributed by atoms with Crippen molar-refractivity contribution in [2.75, 3.05) is 12.4 Å². The average molecular weight is 383 g/mol. The maximum Gasteiger partial charge on any atom is 0.296 e. The lowest BCUT2D eigenvalue weighted by molar-refractivity contribution is 0.0988. The molecule has 0 aliphatic heterocycles. The number of fused-ring (bicyclic) bond motifs is 1. The highest BCUT2D eigenvalue weighted by Gasteiger charge is 2.18. The molecule has 0 radical (unpaired) electrons. The fourth-order valence-electron chi connectivity index (χ4n) is 2.69. The number of anilines is 1. The first kappa shape index (κ1) is 17.2. The predicted octanol–water partition coefficient (Wildman–Crippen LogP) is 3.74. The number of carbonyl (C=O) groups excluding carboxylic acids is 1. The lowest BCUT2D eigenvalue weighted by Gasteiger charge is -1.96. The third-order valence-electron chi connectivity index (χ3n) is 4.10. The number of rotatable bonds is 5. The number of carbonyl (C=O) groups is 1. The summed E-state index contributed by atoms with van der Waals surface area (Å²) >= 11 is 1.38. The van der Waals surface area contributed by atoms with Crippen molar-refractivity contribution in [3.63, 3.8) is 0 Å². The molecule has 3 heterocycles. The molecule has 138 valence electrons. The molecule has 0 atom stereocenters. The molecule has 9 heteroatoms. The molecule has 0 aliphatic carbocycles. The largest absolute Gasteiger partial charge is 0.497 e. The molecule has 0 bridgehead atoms. The Morgan fingerprint density at radius 1 is 1.37 bits per heavy atom. The van der Waals surface area contributed by atoms with Crippen molar-refractivity contribution in [2.24, 2.45) is 0 Å². The van der Waals surface area contributed by atoms with Gasteiger partial charge in [0.25, 0.3) is 5.91 Å². The van der Waals surface area contributed by atoms with Crippen LogP contribution in [0.2, 0.25) is 0 Å². The Balaban J connectivity index is 1.55. The number of ether oxygens (including phenoxy) is 1. The third-order valence-corrected chi connectivity index (χ3v) is 5.05. The summed E-state index contributed by atoms with van der Waals surface area (Å²) in [6, 6.07) is 7.19. The van der Waals surface area contributed by atoms with E-state index in [-0.39, 0.29) is 5.76 Å². The Morgan fingerprint density at radius 2 is 2.22 bits per heavy atom. The molecule has 1 aromatic carbocycles. The van der Waals surface area contributed by atoms with E-state index in [4.69, 9.17) is 9.26 Å². The minimum absolute atomic E-state index is 0.116. The zero-order valence-corrected chi connectivity index (χ0v) is 15.8. The highest BCUT2D eigenvalue weighted by atomic mass is 32.1. The summed E-state index contributed by atoms with van der Waals surface area (Å²) in [7, 11) is 1.60. The van der Waals surface area contributed by atoms with E-state index in [0.29, 0.717) is 16.6 Å². The van der Waals surface area contributed by atoms with Crippen LogP contribution in [0.4, 0.5) is 5.13 Å². The maximum absolute atomic E-state index is 12.5. The van der Waals surface area contributed by atoms with Crippen molar-refractivity contribution in [1.29, 1.82) is 0 Å². The van der Waals surface area contributed by atoms with Crippen LogP contribution in [-0.2, 0) is 6.54 Å². The first-order valence-corrected chi connectivity index (χ1v) is 9.16. The Labute approximate surface area is 158 Å². The van der Waals surface area contributed by atoms with Gasteiger partial charge in [-0.15, -0.1) is 0 Å². The van der Waals surface area contributed by atoms with Gasteiger partial charge < -0.3 is 9.26 Å². The topological polar surface area (TPSA) is 95.1 Å². The van der Waals surface area contributed by atoms with Crippen LogP contribution in [0.15, 0.2) is 35.0 Å². The summed E-state index contributed by atoms with van der Waals surface area (Å²) in [4.78, 5) is 16.9. The molecule has 1 N–H and O–H groups in total. The van der Waals surface area contributed by atoms with Crippen LogP contribution in [0, 0.1) is 6.92 Å². The zero-order valence-electron chi connectivity index (χ0n) is 15.0. The van der Waals surface area contributed by atoms with E-state index in [9.17, 15) is 4.79 Å². The van der Waals surface area contributed by atoms with Crippen molar-refractivity contribution in [3.8, 4) is 17.0 Å². The SMILES string of the molecule is CCn1cc(-c2cc(C(=O)Nc3nc4cc(OC)ccc4s3)on2)c(C)n1. The summed E-state index contributed by atoms with van der Waals surface area (Å²) in [5.41, 5.74) is 3.01. The van der Waals surface area contributed by atoms with E-state index in [0.717, 1.165) is 28.0 Å². The van der Waals surface area contributed by atoms with Gasteiger partial charge in [-0.25, -0.2) is 4.98 Å². The van der Waals surface area contributed by atoms with Crippen LogP contribution in [0.3, 0.4) is 0 Å². The monoisotopic (exact) mass is 383 g/mol. The lowest BCUT2D eigenvalue weighted by Crippen LogP contribution is -2.10. The molecule has 1 amide bonds. The number of methoxy groups -OCH3 is 1. The zero-order chi connectivity index (χ0) is 19.0. The van der Waals surface area contributed by atoms with Crippen molar-refractivity contribution in [2.45, 2.75) is 20.4 Å². The maximum atomic E-state index is 12.5. The van der Waals surface area contributed by atoms with E-state index < -0.39 is 5.91 Å². The number of aromatic nitrogens is 4. The summed E-state index contributed by atoms with van der Waals surface area (Å²) in [6.45, 7) is 4.66.